The van der Waals surface area contributed by atoms with Gasteiger partial charge in [0, 0.05) is 42.2 Å². The van der Waals surface area contributed by atoms with E-state index in [9.17, 15) is 4.79 Å². The van der Waals surface area contributed by atoms with Crippen LogP contribution in [0.2, 0.25) is 5.02 Å². The summed E-state index contributed by atoms with van der Waals surface area (Å²) in [5.74, 6) is 1.68. The molecular formula is C21H31ClIN5O2. The summed E-state index contributed by atoms with van der Waals surface area (Å²) in [5, 5.41) is 14.0. The number of carbonyl (C=O) groups excluding carboxylic acids is 1. The molecule has 1 amide bonds. The van der Waals surface area contributed by atoms with Crippen molar-refractivity contribution in [2.45, 2.75) is 46.1 Å². The monoisotopic (exact) mass is 547 g/mol. The maximum absolute atomic E-state index is 12.1. The van der Waals surface area contributed by atoms with Crippen molar-refractivity contribution in [1.29, 1.82) is 0 Å². The molecule has 0 bridgehead atoms. The number of halogens is 2. The Hall–Kier alpha value is -1.81. The van der Waals surface area contributed by atoms with Crippen molar-refractivity contribution in [3.05, 3.63) is 52.4 Å². The van der Waals surface area contributed by atoms with Gasteiger partial charge in [-0.1, -0.05) is 30.6 Å². The Labute approximate surface area is 200 Å². The molecule has 1 aromatic carbocycles. The normalized spacial score (nSPS) is 11.2. The first-order chi connectivity index (χ1) is 14.1. The number of hydrogen-bond donors (Lipinski definition) is 3. The summed E-state index contributed by atoms with van der Waals surface area (Å²) in [7, 11) is 0. The number of rotatable bonds is 10. The summed E-state index contributed by atoms with van der Waals surface area (Å²) in [6, 6.07) is 8.77. The standard InChI is InChI=1S/C21H30ClN5O2.HI/c1-4-15(5-2)19-13-18(29-27-19)14-26-21(23-6-3)25-12-11-24-20(28)16-7-9-17(22)10-8-16;/h7-10,13,15H,4-6,11-12,14H2,1-3H3,(H,24,28)(H2,23,25,26);1H. The molecule has 0 spiro atoms. The van der Waals surface area contributed by atoms with Crippen LogP contribution in [0.25, 0.3) is 0 Å². The Kier molecular flexibility index (Phi) is 12.4. The first-order valence-corrected chi connectivity index (χ1v) is 10.5. The summed E-state index contributed by atoms with van der Waals surface area (Å²) in [4.78, 5) is 16.6. The average Bonchev–Trinajstić information content (AvgIpc) is 3.19. The fourth-order valence-corrected chi connectivity index (χ4v) is 2.99. The predicted molar refractivity (Wildman–Crippen MR) is 132 cm³/mol. The summed E-state index contributed by atoms with van der Waals surface area (Å²) in [6.45, 7) is 8.45. The number of benzene rings is 1. The molecule has 0 radical (unpaired) electrons. The summed E-state index contributed by atoms with van der Waals surface area (Å²) >= 11 is 5.84. The van der Waals surface area contributed by atoms with Gasteiger partial charge in [-0.15, -0.1) is 24.0 Å². The molecule has 0 saturated heterocycles. The maximum atomic E-state index is 12.1. The van der Waals surface area contributed by atoms with E-state index in [0.29, 0.717) is 42.1 Å². The molecule has 166 valence electrons. The summed E-state index contributed by atoms with van der Waals surface area (Å²) in [6.07, 6.45) is 2.08. The number of carbonyl (C=O) groups is 1. The number of aromatic nitrogens is 1. The Morgan fingerprint density at radius 3 is 2.40 bits per heavy atom. The number of guanidine groups is 1. The zero-order chi connectivity index (χ0) is 21.1. The minimum absolute atomic E-state index is 0. The van der Waals surface area contributed by atoms with Crippen molar-refractivity contribution in [3.8, 4) is 0 Å². The van der Waals surface area contributed by atoms with Crippen molar-refractivity contribution in [2.24, 2.45) is 4.99 Å². The van der Waals surface area contributed by atoms with Gasteiger partial charge in [0.1, 0.15) is 6.54 Å². The van der Waals surface area contributed by atoms with Crippen LogP contribution >= 0.6 is 35.6 Å². The van der Waals surface area contributed by atoms with Gasteiger partial charge < -0.3 is 20.5 Å². The fourth-order valence-electron chi connectivity index (χ4n) is 2.86. The molecule has 1 heterocycles. The van der Waals surface area contributed by atoms with Gasteiger partial charge in [-0.05, 0) is 44.0 Å². The molecule has 0 unspecified atom stereocenters. The van der Waals surface area contributed by atoms with E-state index in [1.54, 1.807) is 24.3 Å². The molecular weight excluding hydrogens is 517 g/mol. The molecule has 3 N–H and O–H groups in total. The Morgan fingerprint density at radius 2 is 1.77 bits per heavy atom. The van der Waals surface area contributed by atoms with Crippen LogP contribution in [0.15, 0.2) is 39.8 Å². The SMILES string of the molecule is CCNC(=NCc1cc(C(CC)CC)no1)NCCNC(=O)c1ccc(Cl)cc1.I. The Morgan fingerprint density at radius 1 is 1.10 bits per heavy atom. The average molecular weight is 548 g/mol. The molecule has 0 aliphatic carbocycles. The minimum atomic E-state index is -0.138. The zero-order valence-corrected chi connectivity index (χ0v) is 20.8. The largest absolute Gasteiger partial charge is 0.359 e. The van der Waals surface area contributed by atoms with Crippen molar-refractivity contribution < 1.29 is 9.32 Å². The van der Waals surface area contributed by atoms with Gasteiger partial charge in [-0.3, -0.25) is 4.79 Å². The second-order valence-electron chi connectivity index (χ2n) is 6.62. The molecule has 30 heavy (non-hydrogen) atoms. The first-order valence-electron chi connectivity index (χ1n) is 10.1. The van der Waals surface area contributed by atoms with Crippen LogP contribution in [0.1, 0.15) is 61.3 Å². The van der Waals surface area contributed by atoms with Crippen LogP contribution in [0.3, 0.4) is 0 Å². The van der Waals surface area contributed by atoms with Crippen molar-refractivity contribution in [1.82, 2.24) is 21.1 Å². The highest BCUT2D eigenvalue weighted by Crippen LogP contribution is 2.22. The molecule has 0 fully saturated rings. The van der Waals surface area contributed by atoms with Crippen LogP contribution in [0, 0.1) is 0 Å². The van der Waals surface area contributed by atoms with Gasteiger partial charge in [0.05, 0.1) is 5.69 Å². The molecule has 7 nitrogen and oxygen atoms in total. The van der Waals surface area contributed by atoms with E-state index in [2.05, 4.69) is 39.9 Å². The lowest BCUT2D eigenvalue weighted by Crippen LogP contribution is -2.41. The van der Waals surface area contributed by atoms with Gasteiger partial charge in [-0.2, -0.15) is 0 Å². The third kappa shape index (κ3) is 8.51. The second-order valence-corrected chi connectivity index (χ2v) is 7.05. The van der Waals surface area contributed by atoms with Crippen LogP contribution < -0.4 is 16.0 Å². The molecule has 0 aliphatic rings. The third-order valence-electron chi connectivity index (χ3n) is 4.53. The highest BCUT2D eigenvalue weighted by atomic mass is 127. The first kappa shape index (κ1) is 26.2. The van der Waals surface area contributed by atoms with Gasteiger partial charge in [0.25, 0.3) is 5.91 Å². The fraction of sp³-hybridized carbons (Fsp3) is 0.476. The van der Waals surface area contributed by atoms with Crippen molar-refractivity contribution in [2.75, 3.05) is 19.6 Å². The van der Waals surface area contributed by atoms with Crippen LogP contribution in [-0.2, 0) is 6.54 Å². The van der Waals surface area contributed by atoms with Crippen LogP contribution in [-0.4, -0.2) is 36.7 Å². The van der Waals surface area contributed by atoms with E-state index in [1.165, 1.54) is 0 Å². The smallest absolute Gasteiger partial charge is 0.251 e. The van der Waals surface area contributed by atoms with Crippen LogP contribution in [0.4, 0.5) is 0 Å². The Balaban J connectivity index is 0.00000450. The van der Waals surface area contributed by atoms with Crippen molar-refractivity contribution in [3.63, 3.8) is 0 Å². The maximum Gasteiger partial charge on any atom is 0.251 e. The number of aliphatic imine (C=N–C) groups is 1. The molecule has 0 aliphatic heterocycles. The molecule has 1 aromatic heterocycles. The third-order valence-corrected chi connectivity index (χ3v) is 4.78. The van der Waals surface area contributed by atoms with E-state index in [4.69, 9.17) is 16.1 Å². The molecule has 2 rings (SSSR count). The zero-order valence-electron chi connectivity index (χ0n) is 17.7. The highest BCUT2D eigenvalue weighted by Gasteiger charge is 2.12. The number of hydrogen-bond acceptors (Lipinski definition) is 4. The van der Waals surface area contributed by atoms with Gasteiger partial charge in [-0.25, -0.2) is 4.99 Å². The molecule has 9 heteroatoms. The lowest BCUT2D eigenvalue weighted by Gasteiger charge is -2.11. The van der Waals surface area contributed by atoms with Gasteiger partial charge in [0.2, 0.25) is 0 Å². The van der Waals surface area contributed by atoms with E-state index in [1.807, 2.05) is 13.0 Å². The lowest BCUT2D eigenvalue weighted by molar-refractivity contribution is 0.0954. The predicted octanol–water partition coefficient (Wildman–Crippen LogP) is 4.33. The van der Waals surface area contributed by atoms with E-state index >= 15 is 0 Å². The molecule has 0 atom stereocenters. The number of nitrogens with one attached hydrogen (secondary N) is 3. The second kappa shape index (κ2) is 14.2. The van der Waals surface area contributed by atoms with Gasteiger partial charge >= 0.3 is 0 Å². The summed E-state index contributed by atoms with van der Waals surface area (Å²) < 4.78 is 5.41. The van der Waals surface area contributed by atoms with E-state index in [0.717, 1.165) is 30.8 Å². The molecule has 2 aromatic rings. The highest BCUT2D eigenvalue weighted by molar-refractivity contribution is 14.0. The minimum Gasteiger partial charge on any atom is -0.359 e. The number of nitrogens with zero attached hydrogens (tertiary/aromatic N) is 2. The summed E-state index contributed by atoms with van der Waals surface area (Å²) in [5.41, 5.74) is 1.57. The van der Waals surface area contributed by atoms with E-state index in [-0.39, 0.29) is 29.9 Å². The molecule has 0 saturated carbocycles. The van der Waals surface area contributed by atoms with Gasteiger partial charge in [0.15, 0.2) is 11.7 Å². The quantitative estimate of drug-likeness (QED) is 0.178. The number of amides is 1. The van der Waals surface area contributed by atoms with Crippen molar-refractivity contribution >= 4 is 47.4 Å². The topological polar surface area (TPSA) is 91.6 Å². The lowest BCUT2D eigenvalue weighted by atomic mass is 9.99. The van der Waals surface area contributed by atoms with E-state index < -0.39 is 0 Å². The van der Waals surface area contributed by atoms with Crippen LogP contribution in [0.5, 0.6) is 0 Å². The Bertz CT molecular complexity index is 791.